The molecule has 0 amide bonds. The first-order valence-corrected chi connectivity index (χ1v) is 22.8. The van der Waals surface area contributed by atoms with Crippen LogP contribution in [0.5, 0.6) is 5.88 Å². The number of aromatic nitrogens is 11. The van der Waals surface area contributed by atoms with Crippen molar-refractivity contribution in [2.45, 2.75) is 171 Å². The molecule has 0 spiro atoms. The van der Waals surface area contributed by atoms with Crippen molar-refractivity contribution in [1.29, 1.82) is 0 Å². The van der Waals surface area contributed by atoms with Crippen LogP contribution in [0.2, 0.25) is 10.0 Å². The van der Waals surface area contributed by atoms with Gasteiger partial charge in [0.2, 0.25) is 5.88 Å². The van der Waals surface area contributed by atoms with Crippen LogP contribution in [0.15, 0.2) is 80.3 Å². The van der Waals surface area contributed by atoms with Crippen LogP contribution in [0.3, 0.4) is 0 Å². The Morgan fingerprint density at radius 1 is 0.373 bits per heavy atom. The summed E-state index contributed by atoms with van der Waals surface area (Å²) in [6.45, 7) is 41.5. The molecule has 0 saturated carbocycles. The Morgan fingerprint density at radius 3 is 1.04 bits per heavy atom. The van der Waals surface area contributed by atoms with Crippen LogP contribution in [0.1, 0.15) is 170 Å². The van der Waals surface area contributed by atoms with Crippen molar-refractivity contribution >= 4 is 23.2 Å². The van der Waals surface area contributed by atoms with Gasteiger partial charge in [0.05, 0.1) is 59.0 Å². The fourth-order valence-electron chi connectivity index (χ4n) is 4.59. The van der Waals surface area contributed by atoms with Crippen LogP contribution in [-0.4, -0.2) is 61.9 Å². The van der Waals surface area contributed by atoms with Crippen LogP contribution >= 0.6 is 23.2 Å². The molecule has 0 aliphatic carbocycles. The topological polar surface area (TPSA) is 151 Å². The summed E-state index contributed by atoms with van der Waals surface area (Å²) < 4.78 is 17.3. The Hall–Kier alpha value is -5.14. The summed E-state index contributed by atoms with van der Waals surface area (Å²) in [5.74, 6) is 2.56. The predicted molar refractivity (Wildman–Crippen MR) is 273 cm³/mol. The molecule has 0 atom stereocenters. The Kier molecular flexibility index (Phi) is 23.1. The summed E-state index contributed by atoms with van der Waals surface area (Å²) in [5.41, 5.74) is 5.42. The molecule has 0 saturated heterocycles. The fraction of sp³-hybridized carbons (Fsp3) is 0.519. The van der Waals surface area contributed by atoms with E-state index in [4.69, 9.17) is 27.9 Å². The van der Waals surface area contributed by atoms with E-state index in [1.54, 1.807) is 44.3 Å². The summed E-state index contributed by atoms with van der Waals surface area (Å²) in [6, 6.07) is 3.83. The monoisotopic (exact) mass is 960 g/mol. The van der Waals surface area contributed by atoms with Crippen molar-refractivity contribution in [3.63, 3.8) is 0 Å². The molecule has 0 bridgehead atoms. The van der Waals surface area contributed by atoms with Gasteiger partial charge in [-0.3, -0.25) is 19.9 Å². The van der Waals surface area contributed by atoms with E-state index >= 15 is 0 Å². The van der Waals surface area contributed by atoms with Gasteiger partial charge < -0.3 is 4.74 Å². The van der Waals surface area contributed by atoms with Gasteiger partial charge in [0.15, 0.2) is 5.82 Å². The maximum atomic E-state index is 12.3. The minimum Gasteiger partial charge on any atom is -0.480 e. The molecule has 15 heteroatoms. The number of nitrogens with zero attached hydrogens (tertiary/aromatic N) is 11. The van der Waals surface area contributed by atoms with Crippen molar-refractivity contribution < 1.29 is 9.13 Å². The number of hydrogen-bond acceptors (Lipinski definition) is 12. The third kappa shape index (κ3) is 24.5. The van der Waals surface area contributed by atoms with Gasteiger partial charge in [-0.05, 0) is 31.5 Å². The first kappa shape index (κ1) is 59.9. The fourth-order valence-corrected chi connectivity index (χ4v) is 4.80. The smallest absolute Gasteiger partial charge is 0.231 e. The zero-order valence-electron chi connectivity index (χ0n) is 44.0. The number of pyridine rings is 1. The van der Waals surface area contributed by atoms with E-state index in [0.29, 0.717) is 21.7 Å². The third-order valence-corrected chi connectivity index (χ3v) is 9.10. The minimum atomic E-state index is -0.391. The molecule has 0 fully saturated rings. The van der Waals surface area contributed by atoms with E-state index in [1.807, 2.05) is 65.3 Å². The zero-order valence-corrected chi connectivity index (χ0v) is 45.5. The molecule has 67 heavy (non-hydrogen) atoms. The van der Waals surface area contributed by atoms with Crippen LogP contribution in [-0.2, 0) is 32.5 Å². The van der Waals surface area contributed by atoms with Crippen LogP contribution < -0.4 is 4.74 Å². The van der Waals surface area contributed by atoms with Crippen LogP contribution in [0.25, 0.3) is 0 Å². The van der Waals surface area contributed by atoms with Gasteiger partial charge in [0.1, 0.15) is 17.5 Å². The second-order valence-electron chi connectivity index (χ2n) is 21.9. The predicted octanol–water partition coefficient (Wildman–Crippen LogP) is 13.3. The van der Waals surface area contributed by atoms with Gasteiger partial charge in [-0.25, -0.2) is 39.3 Å². The molecule has 6 rings (SSSR count). The molecule has 366 valence electrons. The van der Waals surface area contributed by atoms with Gasteiger partial charge in [-0.1, -0.05) is 148 Å². The number of methoxy groups -OCH3 is 1. The first-order chi connectivity index (χ1) is 30.5. The average molecular weight is 961 g/mol. The lowest BCUT2D eigenvalue weighted by atomic mass is 9.92. The van der Waals surface area contributed by atoms with Gasteiger partial charge in [-0.2, -0.15) is 0 Å². The van der Waals surface area contributed by atoms with Gasteiger partial charge in [0, 0.05) is 81.6 Å². The summed E-state index contributed by atoms with van der Waals surface area (Å²) >= 11 is 11.3. The maximum absolute atomic E-state index is 12.3. The quantitative estimate of drug-likeness (QED) is 0.154. The van der Waals surface area contributed by atoms with Gasteiger partial charge >= 0.3 is 0 Å². The molecule has 0 unspecified atom stereocenters. The van der Waals surface area contributed by atoms with Gasteiger partial charge in [0.25, 0.3) is 0 Å². The molecule has 0 aliphatic heterocycles. The summed E-state index contributed by atoms with van der Waals surface area (Å²) in [7, 11) is 1.58. The molecule has 0 aliphatic rings. The van der Waals surface area contributed by atoms with E-state index in [2.05, 4.69) is 159 Å². The molecule has 0 radical (unpaired) electrons. The average Bonchev–Trinajstić information content (AvgIpc) is 3.21. The van der Waals surface area contributed by atoms with Crippen LogP contribution in [0.4, 0.5) is 4.39 Å². The highest BCUT2D eigenvalue weighted by Gasteiger charge is 2.19. The number of aryl methyl sites for hydroxylation is 2. The third-order valence-electron chi connectivity index (χ3n) is 8.68. The molecular weight excluding hydrogens is 885 g/mol. The second kappa shape index (κ2) is 25.8. The highest BCUT2D eigenvalue weighted by atomic mass is 35.5. The number of halogens is 3. The largest absolute Gasteiger partial charge is 0.480 e. The van der Waals surface area contributed by atoms with Crippen LogP contribution in [0, 0.1) is 19.7 Å². The molecule has 0 N–H and O–H groups in total. The van der Waals surface area contributed by atoms with E-state index in [9.17, 15) is 4.39 Å². The normalized spacial score (nSPS) is 11.6. The molecule has 0 aromatic carbocycles. The summed E-state index contributed by atoms with van der Waals surface area (Å²) in [6.07, 6.45) is 18.0. The second-order valence-corrected chi connectivity index (χ2v) is 22.8. The summed E-state index contributed by atoms with van der Waals surface area (Å²) in [4.78, 5) is 45.4. The number of ether oxygens (including phenoxy) is 1. The lowest BCUT2D eigenvalue weighted by molar-refractivity contribution is 0.393. The Bertz CT molecular complexity index is 1970. The van der Waals surface area contributed by atoms with Crippen molar-refractivity contribution in [2.75, 3.05) is 7.11 Å². The SMILES string of the molecule is CC(C)(C)c1ccc(Cl)cn1.CC(C)(C)c1ncc(Cl)cn1.CC(C)(C)c1ncc(F)cn1.COc1cnc(C(C)(C)C)cn1.Cc1cnc(C(C)(C)C)cn1.Cc1cnc(C(C)(C)C)nc1. The molecule has 12 nitrogen and oxygen atoms in total. The highest BCUT2D eigenvalue weighted by molar-refractivity contribution is 6.30. The van der Waals surface area contributed by atoms with Gasteiger partial charge in [-0.15, -0.1) is 0 Å². The highest BCUT2D eigenvalue weighted by Crippen LogP contribution is 2.23. The maximum Gasteiger partial charge on any atom is 0.231 e. The van der Waals surface area contributed by atoms with E-state index in [0.717, 1.165) is 40.0 Å². The van der Waals surface area contributed by atoms with Crippen molar-refractivity contribution in [1.82, 2.24) is 54.8 Å². The number of rotatable bonds is 1. The Balaban J connectivity index is 0.000000402. The van der Waals surface area contributed by atoms with E-state index in [-0.39, 0.29) is 32.5 Å². The zero-order chi connectivity index (χ0) is 51.6. The van der Waals surface area contributed by atoms with Crippen molar-refractivity contribution in [2.24, 2.45) is 0 Å². The van der Waals surface area contributed by atoms with Crippen molar-refractivity contribution in [3.8, 4) is 5.88 Å². The van der Waals surface area contributed by atoms with Crippen molar-refractivity contribution in [3.05, 3.63) is 142 Å². The molecule has 6 aromatic heterocycles. The lowest BCUT2D eigenvalue weighted by Gasteiger charge is -2.16. The minimum absolute atomic E-state index is 0.00455. The molecule has 6 aromatic rings. The Morgan fingerprint density at radius 2 is 0.731 bits per heavy atom. The summed E-state index contributed by atoms with van der Waals surface area (Å²) in [5, 5.41) is 1.27. The first-order valence-electron chi connectivity index (χ1n) is 22.1. The Labute approximate surface area is 411 Å². The molecule has 6 heterocycles. The standard InChI is InChI=1S/C9H12ClN.C9H14N2O.2C9H14N2.C8H11ClN2.C8H11FN2/c1-9(2,3)8-5-4-7(10)6-11-8;1-9(2,3)7-5-11-8(12-4)6-10-7;1-7-5-11-8(6-10-7)9(2,3)4;1-7-5-10-8(11-6-7)9(2,3)4;2*1-8(2,3)7-10-4-6(9)5-11-7/h4-6H,1-3H3;5-6H,1-4H3;2*5-6H,1-4H3;2*4-5H,1-3H3. The van der Waals surface area contributed by atoms with E-state index in [1.165, 1.54) is 12.4 Å². The van der Waals surface area contributed by atoms with E-state index < -0.39 is 5.82 Å². The lowest BCUT2D eigenvalue weighted by Crippen LogP contribution is -2.15. The number of hydrogen-bond donors (Lipinski definition) is 0. The molecular formula is C52H76Cl2FN11O.